The molecule has 7 nitrogen and oxygen atoms in total. The summed E-state index contributed by atoms with van der Waals surface area (Å²) in [6.07, 6.45) is 0. The molecule has 1 aromatic rings. The maximum Gasteiger partial charge on any atom is 0.273 e. The Bertz CT molecular complexity index is 422. The first-order valence-corrected chi connectivity index (χ1v) is 5.16. The van der Waals surface area contributed by atoms with Crippen LogP contribution in [0.3, 0.4) is 0 Å². The first-order valence-electron chi connectivity index (χ1n) is 5.16. The third kappa shape index (κ3) is 2.90. The lowest BCUT2D eigenvalue weighted by Gasteiger charge is -2.16. The molecule has 0 aliphatic carbocycles. The molecular weight excluding hydrogens is 226 g/mol. The largest absolute Gasteiger partial charge is 0.491 e. The number of ether oxygens (including phenoxy) is 1. The second kappa shape index (κ2) is 5.78. The zero-order valence-electron chi connectivity index (χ0n) is 9.62. The van der Waals surface area contributed by atoms with Gasteiger partial charge in [0, 0.05) is 12.6 Å². The summed E-state index contributed by atoms with van der Waals surface area (Å²) in [4.78, 5) is 20.7. The van der Waals surface area contributed by atoms with Crippen molar-refractivity contribution in [2.75, 3.05) is 18.2 Å². The first-order chi connectivity index (χ1) is 8.13. The Morgan fingerprint density at radius 2 is 2.18 bits per heavy atom. The van der Waals surface area contributed by atoms with Crippen LogP contribution in [0.4, 0.5) is 11.4 Å². The monoisotopic (exact) mass is 239 g/mol. The molecule has 0 amide bonds. The van der Waals surface area contributed by atoms with E-state index in [2.05, 4.69) is 5.29 Å². The Labute approximate surface area is 98.1 Å². The zero-order chi connectivity index (χ0) is 12.8. The molecule has 0 aliphatic heterocycles. The Morgan fingerprint density at radius 3 is 2.65 bits per heavy atom. The van der Waals surface area contributed by atoms with Crippen LogP contribution in [0.5, 0.6) is 5.75 Å². The molecule has 0 aromatic heterocycles. The van der Waals surface area contributed by atoms with Crippen LogP contribution in [-0.2, 0) is 0 Å². The summed E-state index contributed by atoms with van der Waals surface area (Å²) in [5, 5.41) is 14.6. The molecule has 0 fully saturated rings. The minimum Gasteiger partial charge on any atom is -0.491 e. The van der Waals surface area contributed by atoms with Gasteiger partial charge in [-0.3, -0.25) is 10.1 Å². The van der Waals surface area contributed by atoms with Gasteiger partial charge in [-0.2, -0.15) is 0 Å². The highest BCUT2D eigenvalue weighted by Gasteiger charge is 2.16. The third-order valence-electron chi connectivity index (χ3n) is 2.13. The zero-order valence-corrected chi connectivity index (χ0v) is 9.62. The molecule has 17 heavy (non-hydrogen) atoms. The van der Waals surface area contributed by atoms with Gasteiger partial charge in [0.1, 0.15) is 5.69 Å². The Morgan fingerprint density at radius 1 is 1.47 bits per heavy atom. The van der Waals surface area contributed by atoms with E-state index in [-0.39, 0.29) is 11.4 Å². The molecule has 0 aliphatic rings. The SMILES string of the molecule is CCOc1cc([N+](=O)[O-])ccc1N(CC)N=O. The Kier molecular flexibility index (Phi) is 4.38. The minimum absolute atomic E-state index is 0.0841. The first kappa shape index (κ1) is 12.9. The maximum atomic E-state index is 10.6. The molecular formula is C10H13N3O4. The van der Waals surface area contributed by atoms with E-state index in [1.807, 2.05) is 0 Å². The summed E-state index contributed by atoms with van der Waals surface area (Å²) < 4.78 is 5.27. The summed E-state index contributed by atoms with van der Waals surface area (Å²) in [6.45, 7) is 4.22. The number of anilines is 1. The lowest BCUT2D eigenvalue weighted by atomic mass is 10.2. The van der Waals surface area contributed by atoms with Crippen molar-refractivity contribution in [1.82, 2.24) is 0 Å². The van der Waals surface area contributed by atoms with Crippen molar-refractivity contribution in [3.05, 3.63) is 33.2 Å². The summed E-state index contributed by atoms with van der Waals surface area (Å²) >= 11 is 0. The highest BCUT2D eigenvalue weighted by atomic mass is 16.6. The molecule has 1 rings (SSSR count). The van der Waals surface area contributed by atoms with E-state index < -0.39 is 4.92 Å². The van der Waals surface area contributed by atoms with E-state index in [9.17, 15) is 15.0 Å². The highest BCUT2D eigenvalue weighted by Crippen LogP contribution is 2.32. The van der Waals surface area contributed by atoms with Crippen molar-refractivity contribution in [3.8, 4) is 5.75 Å². The summed E-state index contributed by atoms with van der Waals surface area (Å²) in [6, 6.07) is 4.05. The van der Waals surface area contributed by atoms with Crippen LogP contribution in [-0.4, -0.2) is 18.1 Å². The molecule has 0 N–H and O–H groups in total. The van der Waals surface area contributed by atoms with Gasteiger partial charge in [-0.15, -0.1) is 4.91 Å². The van der Waals surface area contributed by atoms with E-state index in [4.69, 9.17) is 4.74 Å². The summed E-state index contributed by atoms with van der Waals surface area (Å²) in [5.41, 5.74) is 0.342. The van der Waals surface area contributed by atoms with E-state index in [0.717, 1.165) is 0 Å². The van der Waals surface area contributed by atoms with Gasteiger partial charge in [-0.25, -0.2) is 5.01 Å². The smallest absolute Gasteiger partial charge is 0.273 e. The van der Waals surface area contributed by atoms with Gasteiger partial charge in [-0.1, -0.05) is 0 Å². The van der Waals surface area contributed by atoms with Crippen molar-refractivity contribution in [2.45, 2.75) is 13.8 Å². The number of nitro groups is 1. The maximum absolute atomic E-state index is 10.6. The van der Waals surface area contributed by atoms with Gasteiger partial charge < -0.3 is 4.74 Å². The Hall–Kier alpha value is -2.18. The average Bonchev–Trinajstić information content (AvgIpc) is 2.32. The molecule has 7 heteroatoms. The predicted molar refractivity (Wildman–Crippen MR) is 63.1 cm³/mol. The number of nitroso groups, excluding NO2 is 1. The average molecular weight is 239 g/mol. The van der Waals surface area contributed by atoms with Crippen LogP contribution in [0.15, 0.2) is 23.5 Å². The van der Waals surface area contributed by atoms with Crippen LogP contribution in [0.2, 0.25) is 0 Å². The van der Waals surface area contributed by atoms with Gasteiger partial charge in [0.2, 0.25) is 0 Å². The molecule has 0 bridgehead atoms. The van der Waals surface area contributed by atoms with Gasteiger partial charge in [0.05, 0.1) is 22.9 Å². The number of rotatable bonds is 6. The molecule has 0 unspecified atom stereocenters. The fraction of sp³-hybridized carbons (Fsp3) is 0.400. The fourth-order valence-corrected chi connectivity index (χ4v) is 1.37. The highest BCUT2D eigenvalue weighted by molar-refractivity contribution is 5.61. The summed E-state index contributed by atoms with van der Waals surface area (Å²) in [5.74, 6) is 0.281. The van der Waals surface area contributed by atoms with Crippen molar-refractivity contribution in [3.63, 3.8) is 0 Å². The van der Waals surface area contributed by atoms with Crippen molar-refractivity contribution < 1.29 is 9.66 Å². The quantitative estimate of drug-likeness (QED) is 0.432. The molecule has 1 aromatic carbocycles. The van der Waals surface area contributed by atoms with E-state index in [0.29, 0.717) is 18.8 Å². The van der Waals surface area contributed by atoms with Gasteiger partial charge in [0.15, 0.2) is 5.75 Å². The van der Waals surface area contributed by atoms with E-state index in [1.54, 1.807) is 13.8 Å². The molecule has 0 saturated carbocycles. The van der Waals surface area contributed by atoms with Gasteiger partial charge in [-0.05, 0) is 19.9 Å². The molecule has 0 spiro atoms. The van der Waals surface area contributed by atoms with Gasteiger partial charge >= 0.3 is 0 Å². The van der Waals surface area contributed by atoms with Gasteiger partial charge in [0.25, 0.3) is 5.69 Å². The van der Waals surface area contributed by atoms with Crippen LogP contribution in [0.25, 0.3) is 0 Å². The number of nitrogens with zero attached hydrogens (tertiary/aromatic N) is 3. The lowest BCUT2D eigenvalue weighted by Crippen LogP contribution is -2.15. The van der Waals surface area contributed by atoms with E-state index in [1.165, 1.54) is 23.2 Å². The van der Waals surface area contributed by atoms with Crippen molar-refractivity contribution in [2.24, 2.45) is 5.29 Å². The lowest BCUT2D eigenvalue weighted by molar-refractivity contribution is -0.384. The predicted octanol–water partition coefficient (Wildman–Crippen LogP) is 2.50. The fourth-order valence-electron chi connectivity index (χ4n) is 1.37. The summed E-state index contributed by atoms with van der Waals surface area (Å²) in [7, 11) is 0. The number of non-ortho nitro benzene ring substituents is 1. The number of benzene rings is 1. The van der Waals surface area contributed by atoms with Crippen molar-refractivity contribution >= 4 is 11.4 Å². The van der Waals surface area contributed by atoms with Crippen molar-refractivity contribution in [1.29, 1.82) is 0 Å². The van der Waals surface area contributed by atoms with Crippen LogP contribution in [0.1, 0.15) is 13.8 Å². The molecule has 92 valence electrons. The Balaban J connectivity index is 3.20. The molecule has 0 radical (unpaired) electrons. The topological polar surface area (TPSA) is 85.0 Å². The molecule has 0 atom stereocenters. The second-order valence-corrected chi connectivity index (χ2v) is 3.14. The number of hydrogen-bond acceptors (Lipinski definition) is 5. The number of hydrogen-bond donors (Lipinski definition) is 0. The normalized spacial score (nSPS) is 9.76. The number of nitro benzene ring substituents is 1. The van der Waals surface area contributed by atoms with Crippen LogP contribution >= 0.6 is 0 Å². The standard InChI is InChI=1S/C10H13N3O4/c1-3-12(11-14)9-6-5-8(13(15)16)7-10(9)17-4-2/h5-7H,3-4H2,1-2H3. The third-order valence-corrected chi connectivity index (χ3v) is 2.13. The second-order valence-electron chi connectivity index (χ2n) is 3.14. The molecule has 0 saturated heterocycles. The van der Waals surface area contributed by atoms with Crippen LogP contribution in [0, 0.1) is 15.0 Å². The van der Waals surface area contributed by atoms with E-state index >= 15 is 0 Å². The minimum atomic E-state index is -0.517. The molecule has 0 heterocycles. The van der Waals surface area contributed by atoms with Crippen LogP contribution < -0.4 is 9.75 Å².